The summed E-state index contributed by atoms with van der Waals surface area (Å²) in [6, 6.07) is 0. The van der Waals surface area contributed by atoms with E-state index in [2.05, 4.69) is 35.6 Å². The van der Waals surface area contributed by atoms with E-state index in [9.17, 15) is 0 Å². The van der Waals surface area contributed by atoms with Crippen molar-refractivity contribution in [3.63, 3.8) is 0 Å². The van der Waals surface area contributed by atoms with E-state index in [-0.39, 0.29) is 0 Å². The van der Waals surface area contributed by atoms with Crippen molar-refractivity contribution in [1.82, 2.24) is 9.97 Å². The lowest BCUT2D eigenvalue weighted by atomic mass is 10.1. The molecular weight excluding hydrogens is 210 g/mol. The van der Waals surface area contributed by atoms with Crippen molar-refractivity contribution >= 4 is 17.4 Å². The molecule has 0 aliphatic carbocycles. The topological polar surface area (TPSA) is 29.0 Å². The quantitative estimate of drug-likeness (QED) is 0.741. The van der Waals surface area contributed by atoms with Crippen LogP contribution in [-0.2, 0) is 0 Å². The molecule has 84 valence electrons. The van der Waals surface area contributed by atoms with Crippen molar-refractivity contribution in [2.75, 3.05) is 18.5 Å². The Bertz CT molecular complexity index is 326. The summed E-state index contributed by atoms with van der Waals surface area (Å²) < 4.78 is 0. The Morgan fingerprint density at radius 3 is 2.60 bits per heavy atom. The summed E-state index contributed by atoms with van der Waals surface area (Å²) in [5, 5.41) is 0.568. The van der Waals surface area contributed by atoms with Crippen molar-refractivity contribution < 1.29 is 0 Å². The van der Waals surface area contributed by atoms with Crippen LogP contribution in [-0.4, -0.2) is 23.6 Å². The van der Waals surface area contributed by atoms with Crippen molar-refractivity contribution in [3.05, 3.63) is 17.0 Å². The van der Waals surface area contributed by atoms with Gasteiger partial charge >= 0.3 is 0 Å². The second-order valence-corrected chi connectivity index (χ2v) is 4.34. The predicted molar refractivity (Wildman–Crippen MR) is 64.7 cm³/mol. The molecule has 0 amide bonds. The SMILES string of the molecule is CCCN(C)c1ncnc(Cl)c1C(C)C. The first-order chi connectivity index (χ1) is 7.07. The van der Waals surface area contributed by atoms with Crippen molar-refractivity contribution in [2.45, 2.75) is 33.1 Å². The molecule has 0 aromatic carbocycles. The van der Waals surface area contributed by atoms with Crippen LogP contribution in [0.15, 0.2) is 6.33 Å². The first kappa shape index (κ1) is 12.2. The van der Waals surface area contributed by atoms with Gasteiger partial charge in [0.2, 0.25) is 0 Å². The van der Waals surface area contributed by atoms with Crippen LogP contribution in [0, 0.1) is 0 Å². The molecule has 1 heterocycles. The summed E-state index contributed by atoms with van der Waals surface area (Å²) in [4.78, 5) is 10.5. The lowest BCUT2D eigenvalue weighted by Gasteiger charge is -2.22. The fourth-order valence-corrected chi connectivity index (χ4v) is 1.95. The zero-order valence-corrected chi connectivity index (χ0v) is 10.5. The number of nitrogens with zero attached hydrogens (tertiary/aromatic N) is 3. The molecule has 3 nitrogen and oxygen atoms in total. The maximum atomic E-state index is 6.09. The minimum Gasteiger partial charge on any atom is -0.359 e. The average Bonchev–Trinajstić information content (AvgIpc) is 2.17. The van der Waals surface area contributed by atoms with Gasteiger partial charge in [-0.2, -0.15) is 0 Å². The van der Waals surface area contributed by atoms with Crippen molar-refractivity contribution in [1.29, 1.82) is 0 Å². The van der Waals surface area contributed by atoms with E-state index in [1.54, 1.807) is 0 Å². The standard InChI is InChI=1S/C11H18ClN3/c1-5-6-15(4)11-9(8(2)3)10(12)13-7-14-11/h7-8H,5-6H2,1-4H3. The Morgan fingerprint density at radius 1 is 1.40 bits per heavy atom. The normalized spacial score (nSPS) is 10.8. The summed E-state index contributed by atoms with van der Waals surface area (Å²) in [6.07, 6.45) is 2.62. The number of hydrogen-bond donors (Lipinski definition) is 0. The van der Waals surface area contributed by atoms with Gasteiger partial charge in [0, 0.05) is 19.2 Å². The maximum absolute atomic E-state index is 6.09. The lowest BCUT2D eigenvalue weighted by Crippen LogP contribution is -2.21. The van der Waals surface area contributed by atoms with Gasteiger partial charge in [0.15, 0.2) is 0 Å². The van der Waals surface area contributed by atoms with E-state index in [1.165, 1.54) is 6.33 Å². The number of aromatic nitrogens is 2. The van der Waals surface area contributed by atoms with Gasteiger partial charge in [0.25, 0.3) is 0 Å². The number of halogens is 1. The molecule has 0 spiro atoms. The molecule has 0 radical (unpaired) electrons. The van der Waals surface area contributed by atoms with Crippen LogP contribution in [0.5, 0.6) is 0 Å². The molecule has 0 bridgehead atoms. The fourth-order valence-electron chi connectivity index (χ4n) is 1.61. The summed E-state index contributed by atoms with van der Waals surface area (Å²) >= 11 is 6.09. The van der Waals surface area contributed by atoms with Crippen LogP contribution in [0.4, 0.5) is 5.82 Å². The van der Waals surface area contributed by atoms with Crippen LogP contribution >= 0.6 is 11.6 Å². The Morgan fingerprint density at radius 2 is 2.07 bits per heavy atom. The minimum absolute atomic E-state index is 0.341. The van der Waals surface area contributed by atoms with Crippen LogP contribution < -0.4 is 4.90 Å². The van der Waals surface area contributed by atoms with Crippen LogP contribution in [0.25, 0.3) is 0 Å². The summed E-state index contributed by atoms with van der Waals surface area (Å²) in [5.41, 5.74) is 1.04. The minimum atomic E-state index is 0.341. The maximum Gasteiger partial charge on any atom is 0.138 e. The molecule has 1 aromatic heterocycles. The van der Waals surface area contributed by atoms with Crippen LogP contribution in [0.2, 0.25) is 5.15 Å². The van der Waals surface area contributed by atoms with Crippen molar-refractivity contribution in [2.24, 2.45) is 0 Å². The Balaban J connectivity index is 3.10. The molecule has 0 saturated carbocycles. The van der Waals surface area contributed by atoms with Gasteiger partial charge < -0.3 is 4.90 Å². The molecule has 15 heavy (non-hydrogen) atoms. The monoisotopic (exact) mass is 227 g/mol. The van der Waals surface area contributed by atoms with Gasteiger partial charge in [-0.05, 0) is 12.3 Å². The van der Waals surface area contributed by atoms with Gasteiger partial charge in [-0.15, -0.1) is 0 Å². The molecule has 0 saturated heterocycles. The summed E-state index contributed by atoms with van der Waals surface area (Å²) in [7, 11) is 2.04. The third-order valence-corrected chi connectivity index (χ3v) is 2.61. The number of hydrogen-bond acceptors (Lipinski definition) is 3. The molecule has 0 aliphatic heterocycles. The smallest absolute Gasteiger partial charge is 0.138 e. The Kier molecular flexibility index (Phi) is 4.33. The highest BCUT2D eigenvalue weighted by atomic mass is 35.5. The molecule has 0 atom stereocenters. The third-order valence-electron chi connectivity index (χ3n) is 2.31. The Hall–Kier alpha value is -0.830. The average molecular weight is 228 g/mol. The predicted octanol–water partition coefficient (Wildman–Crippen LogP) is 3.10. The highest BCUT2D eigenvalue weighted by Crippen LogP contribution is 2.29. The number of anilines is 1. The van der Waals surface area contributed by atoms with E-state index >= 15 is 0 Å². The zero-order valence-electron chi connectivity index (χ0n) is 9.79. The third kappa shape index (κ3) is 2.81. The summed E-state index contributed by atoms with van der Waals surface area (Å²) in [5.74, 6) is 1.29. The molecule has 1 rings (SSSR count). The second kappa shape index (κ2) is 5.31. The largest absolute Gasteiger partial charge is 0.359 e. The highest BCUT2D eigenvalue weighted by molar-refractivity contribution is 6.30. The Labute approximate surface area is 96.5 Å². The van der Waals surface area contributed by atoms with Crippen molar-refractivity contribution in [3.8, 4) is 0 Å². The van der Waals surface area contributed by atoms with E-state index in [0.717, 1.165) is 24.3 Å². The molecule has 0 aliphatic rings. The molecule has 0 N–H and O–H groups in total. The first-order valence-corrected chi connectivity index (χ1v) is 5.67. The van der Waals surface area contributed by atoms with Crippen LogP contribution in [0.3, 0.4) is 0 Å². The van der Waals surface area contributed by atoms with E-state index in [0.29, 0.717) is 11.1 Å². The molecular formula is C11H18ClN3. The molecule has 0 fully saturated rings. The molecule has 0 unspecified atom stereocenters. The van der Waals surface area contributed by atoms with Crippen LogP contribution in [0.1, 0.15) is 38.7 Å². The van der Waals surface area contributed by atoms with E-state index in [4.69, 9.17) is 11.6 Å². The molecule has 4 heteroatoms. The highest BCUT2D eigenvalue weighted by Gasteiger charge is 2.15. The van der Waals surface area contributed by atoms with Gasteiger partial charge in [0.05, 0.1) is 0 Å². The first-order valence-electron chi connectivity index (χ1n) is 5.29. The van der Waals surface area contributed by atoms with Gasteiger partial charge in [0.1, 0.15) is 17.3 Å². The zero-order chi connectivity index (χ0) is 11.4. The van der Waals surface area contributed by atoms with Gasteiger partial charge in [-0.3, -0.25) is 0 Å². The van der Waals surface area contributed by atoms with E-state index in [1.807, 2.05) is 7.05 Å². The number of rotatable bonds is 4. The second-order valence-electron chi connectivity index (χ2n) is 3.98. The summed E-state index contributed by atoms with van der Waals surface area (Å²) in [6.45, 7) is 7.34. The van der Waals surface area contributed by atoms with Gasteiger partial charge in [-0.25, -0.2) is 9.97 Å². The molecule has 1 aromatic rings. The lowest BCUT2D eigenvalue weighted by molar-refractivity contribution is 0.790. The fraction of sp³-hybridized carbons (Fsp3) is 0.636. The van der Waals surface area contributed by atoms with E-state index < -0.39 is 0 Å². The van der Waals surface area contributed by atoms with Gasteiger partial charge in [-0.1, -0.05) is 32.4 Å².